The van der Waals surface area contributed by atoms with Crippen LogP contribution in [0.1, 0.15) is 5.56 Å². The topological polar surface area (TPSA) is 17.8 Å². The van der Waals surface area contributed by atoms with E-state index in [9.17, 15) is 4.39 Å². The lowest BCUT2D eigenvalue weighted by Gasteiger charge is -2.06. The van der Waals surface area contributed by atoms with E-state index in [0.29, 0.717) is 17.1 Å². The number of hydrogen-bond acceptors (Lipinski definition) is 1. The van der Waals surface area contributed by atoms with E-state index < -0.39 is 0 Å². The summed E-state index contributed by atoms with van der Waals surface area (Å²) in [6, 6.07) is 10.6. The third-order valence-electron chi connectivity index (χ3n) is 2.93. The molecule has 0 aliphatic heterocycles. The molecule has 0 aliphatic rings. The zero-order valence-electron chi connectivity index (χ0n) is 9.78. The first-order valence-corrected chi connectivity index (χ1v) is 7.14. The van der Waals surface area contributed by atoms with Crippen LogP contribution in [0.3, 0.4) is 0 Å². The predicted molar refractivity (Wildman–Crippen MR) is 83.0 cm³/mol. The van der Waals surface area contributed by atoms with Crippen molar-refractivity contribution in [2.24, 2.45) is 0 Å². The standard InChI is InChI=1S/C14H9ClFIN2/c15-11-2-4-13(16)10(5-11)8-19-14-6-12(17)3-1-9(14)7-18-19/h1-7H,8H2. The highest BCUT2D eigenvalue weighted by atomic mass is 127. The molecule has 1 aromatic heterocycles. The molecule has 96 valence electrons. The van der Waals surface area contributed by atoms with Crippen molar-refractivity contribution in [1.82, 2.24) is 9.78 Å². The second kappa shape index (κ2) is 5.09. The molecule has 3 aromatic rings. The molecule has 0 saturated carbocycles. The maximum atomic E-state index is 13.7. The monoisotopic (exact) mass is 386 g/mol. The Kier molecular flexibility index (Phi) is 3.45. The van der Waals surface area contributed by atoms with Gasteiger partial charge in [0.15, 0.2) is 0 Å². The molecular weight excluding hydrogens is 378 g/mol. The van der Waals surface area contributed by atoms with E-state index in [2.05, 4.69) is 27.7 Å². The van der Waals surface area contributed by atoms with Gasteiger partial charge in [-0.2, -0.15) is 5.10 Å². The highest BCUT2D eigenvalue weighted by Crippen LogP contribution is 2.20. The fourth-order valence-corrected chi connectivity index (χ4v) is 2.66. The Morgan fingerprint density at radius 2 is 2.05 bits per heavy atom. The Morgan fingerprint density at radius 3 is 2.89 bits per heavy atom. The Bertz CT molecular complexity index is 754. The summed E-state index contributed by atoms with van der Waals surface area (Å²) in [6.07, 6.45) is 1.79. The number of fused-ring (bicyclic) bond motifs is 1. The number of halogens is 3. The van der Waals surface area contributed by atoms with Gasteiger partial charge >= 0.3 is 0 Å². The van der Waals surface area contributed by atoms with Crippen LogP contribution in [0.5, 0.6) is 0 Å². The number of benzene rings is 2. The largest absolute Gasteiger partial charge is 0.260 e. The van der Waals surface area contributed by atoms with Gasteiger partial charge in [-0.25, -0.2) is 4.39 Å². The van der Waals surface area contributed by atoms with Gasteiger partial charge in [-0.1, -0.05) is 17.7 Å². The van der Waals surface area contributed by atoms with E-state index in [1.807, 2.05) is 18.2 Å². The lowest BCUT2D eigenvalue weighted by Crippen LogP contribution is -2.03. The maximum Gasteiger partial charge on any atom is 0.128 e. The molecule has 2 nitrogen and oxygen atoms in total. The van der Waals surface area contributed by atoms with Crippen LogP contribution in [-0.4, -0.2) is 9.78 Å². The highest BCUT2D eigenvalue weighted by Gasteiger charge is 2.08. The molecule has 0 radical (unpaired) electrons. The molecule has 0 aliphatic carbocycles. The second-order valence-corrected chi connectivity index (χ2v) is 5.92. The first kappa shape index (κ1) is 12.9. The Balaban J connectivity index is 2.05. The van der Waals surface area contributed by atoms with Gasteiger partial charge < -0.3 is 0 Å². The predicted octanol–water partition coefficient (Wildman–Crippen LogP) is 4.48. The van der Waals surface area contributed by atoms with Gasteiger partial charge in [0.05, 0.1) is 18.3 Å². The van der Waals surface area contributed by atoms with Gasteiger partial charge in [0.2, 0.25) is 0 Å². The zero-order chi connectivity index (χ0) is 13.4. The SMILES string of the molecule is Fc1ccc(Cl)cc1Cn1ncc2ccc(I)cc21. The number of rotatable bonds is 2. The molecule has 19 heavy (non-hydrogen) atoms. The first-order valence-electron chi connectivity index (χ1n) is 5.68. The van der Waals surface area contributed by atoms with E-state index in [1.165, 1.54) is 6.07 Å². The molecule has 0 bridgehead atoms. The summed E-state index contributed by atoms with van der Waals surface area (Å²) in [5, 5.41) is 5.88. The van der Waals surface area contributed by atoms with Gasteiger partial charge in [0.25, 0.3) is 0 Å². The van der Waals surface area contributed by atoms with Crippen molar-refractivity contribution < 1.29 is 4.39 Å². The third-order valence-corrected chi connectivity index (χ3v) is 3.84. The molecule has 0 spiro atoms. The molecule has 0 amide bonds. The summed E-state index contributed by atoms with van der Waals surface area (Å²) in [7, 11) is 0. The summed E-state index contributed by atoms with van der Waals surface area (Å²) in [4.78, 5) is 0. The summed E-state index contributed by atoms with van der Waals surface area (Å²) < 4.78 is 16.6. The molecule has 0 N–H and O–H groups in total. The van der Waals surface area contributed by atoms with E-state index in [1.54, 1.807) is 23.0 Å². The van der Waals surface area contributed by atoms with E-state index in [-0.39, 0.29) is 5.82 Å². The molecule has 0 atom stereocenters. The summed E-state index contributed by atoms with van der Waals surface area (Å²) in [5.74, 6) is -0.265. The van der Waals surface area contributed by atoms with E-state index in [4.69, 9.17) is 11.6 Å². The average molecular weight is 387 g/mol. The van der Waals surface area contributed by atoms with Gasteiger partial charge in [0, 0.05) is 19.5 Å². The fourth-order valence-electron chi connectivity index (χ4n) is 2.00. The molecule has 0 fully saturated rings. The van der Waals surface area contributed by atoms with E-state index in [0.717, 1.165) is 14.5 Å². The maximum absolute atomic E-state index is 13.7. The lowest BCUT2D eigenvalue weighted by atomic mass is 10.2. The molecular formula is C14H9ClFIN2. The Hall–Kier alpha value is -1.14. The van der Waals surface area contributed by atoms with Crippen molar-refractivity contribution >= 4 is 45.1 Å². The highest BCUT2D eigenvalue weighted by molar-refractivity contribution is 14.1. The van der Waals surface area contributed by atoms with Gasteiger partial charge in [0.1, 0.15) is 5.82 Å². The second-order valence-electron chi connectivity index (χ2n) is 4.24. The zero-order valence-corrected chi connectivity index (χ0v) is 12.7. The normalized spacial score (nSPS) is 11.1. The summed E-state index contributed by atoms with van der Waals surface area (Å²) >= 11 is 8.15. The van der Waals surface area contributed by atoms with Crippen LogP contribution in [0.4, 0.5) is 4.39 Å². The fraction of sp³-hybridized carbons (Fsp3) is 0.0714. The molecule has 5 heteroatoms. The van der Waals surface area contributed by atoms with Crippen LogP contribution < -0.4 is 0 Å². The van der Waals surface area contributed by atoms with Gasteiger partial charge in [-0.05, 0) is 52.9 Å². The van der Waals surface area contributed by atoms with Crippen LogP contribution in [-0.2, 0) is 6.54 Å². The minimum Gasteiger partial charge on any atom is -0.260 e. The van der Waals surface area contributed by atoms with Crippen LogP contribution in [0, 0.1) is 9.39 Å². The van der Waals surface area contributed by atoms with Crippen molar-refractivity contribution in [3.8, 4) is 0 Å². The van der Waals surface area contributed by atoms with Crippen LogP contribution in [0.25, 0.3) is 10.9 Å². The number of nitrogens with zero attached hydrogens (tertiary/aromatic N) is 2. The van der Waals surface area contributed by atoms with Crippen molar-refractivity contribution in [3.05, 3.63) is 62.6 Å². The quantitative estimate of drug-likeness (QED) is 0.594. The van der Waals surface area contributed by atoms with Crippen molar-refractivity contribution in [1.29, 1.82) is 0 Å². The molecule has 1 heterocycles. The first-order chi connectivity index (χ1) is 9.13. The van der Waals surface area contributed by atoms with Gasteiger partial charge in [-0.3, -0.25) is 4.68 Å². The molecule has 0 saturated heterocycles. The van der Waals surface area contributed by atoms with Gasteiger partial charge in [-0.15, -0.1) is 0 Å². The smallest absolute Gasteiger partial charge is 0.128 e. The van der Waals surface area contributed by atoms with E-state index >= 15 is 0 Å². The number of aromatic nitrogens is 2. The van der Waals surface area contributed by atoms with Crippen molar-refractivity contribution in [2.75, 3.05) is 0 Å². The Morgan fingerprint density at radius 1 is 1.21 bits per heavy atom. The summed E-state index contributed by atoms with van der Waals surface area (Å²) in [6.45, 7) is 0.371. The molecule has 3 rings (SSSR count). The van der Waals surface area contributed by atoms with Crippen LogP contribution in [0.15, 0.2) is 42.6 Å². The Labute approximate surface area is 128 Å². The summed E-state index contributed by atoms with van der Waals surface area (Å²) in [5.41, 5.74) is 1.53. The third kappa shape index (κ3) is 2.60. The van der Waals surface area contributed by atoms with Crippen molar-refractivity contribution in [3.63, 3.8) is 0 Å². The lowest BCUT2D eigenvalue weighted by molar-refractivity contribution is 0.590. The molecule has 2 aromatic carbocycles. The van der Waals surface area contributed by atoms with Crippen LogP contribution in [0.2, 0.25) is 5.02 Å². The van der Waals surface area contributed by atoms with Crippen molar-refractivity contribution in [2.45, 2.75) is 6.54 Å². The van der Waals surface area contributed by atoms with Crippen LogP contribution >= 0.6 is 34.2 Å². The average Bonchev–Trinajstić information content (AvgIpc) is 2.77. The molecule has 0 unspecified atom stereocenters. The minimum absolute atomic E-state index is 0.265. The number of hydrogen-bond donors (Lipinski definition) is 0. The minimum atomic E-state index is -0.265.